The van der Waals surface area contributed by atoms with E-state index < -0.39 is 17.7 Å². The van der Waals surface area contributed by atoms with Gasteiger partial charge in [0, 0.05) is 24.7 Å². The van der Waals surface area contributed by atoms with E-state index in [2.05, 4.69) is 15.9 Å². The molecule has 1 heterocycles. The van der Waals surface area contributed by atoms with Gasteiger partial charge in [-0.25, -0.2) is 5.06 Å². The van der Waals surface area contributed by atoms with E-state index in [1.807, 2.05) is 26.0 Å². The van der Waals surface area contributed by atoms with Crippen LogP contribution in [-0.2, 0) is 20.8 Å². The predicted octanol–water partition coefficient (Wildman–Crippen LogP) is 2.19. The largest absolute Gasteiger partial charge is 0.366 e. The van der Waals surface area contributed by atoms with Crippen LogP contribution in [0.3, 0.4) is 0 Å². The van der Waals surface area contributed by atoms with Crippen LogP contribution in [-0.4, -0.2) is 65.5 Å². The Morgan fingerprint density at radius 1 is 1.31 bits per heavy atom. The van der Waals surface area contributed by atoms with Gasteiger partial charge in [-0.05, 0) is 49.4 Å². The molecule has 1 aromatic rings. The Hall–Kier alpha value is -1.03. The third kappa shape index (κ3) is 4.27. The van der Waals surface area contributed by atoms with E-state index in [-0.39, 0.29) is 6.42 Å². The number of carbonyl (C=O) groups is 1. The summed E-state index contributed by atoms with van der Waals surface area (Å²) < 4.78 is 5.89. The molecule has 1 aliphatic heterocycles. The molecule has 8 heteroatoms. The number of aliphatic hydroxyl groups is 1. The monoisotopic (exact) mass is 430 g/mol. The summed E-state index contributed by atoms with van der Waals surface area (Å²) in [7, 11) is 2.92. The van der Waals surface area contributed by atoms with Gasteiger partial charge in [-0.2, -0.15) is 5.06 Å². The van der Waals surface area contributed by atoms with E-state index >= 15 is 0 Å². The second kappa shape index (κ2) is 8.77. The van der Waals surface area contributed by atoms with E-state index in [1.165, 1.54) is 7.11 Å². The van der Waals surface area contributed by atoms with Crippen molar-refractivity contribution in [2.45, 2.75) is 44.9 Å². The van der Waals surface area contributed by atoms with Gasteiger partial charge < -0.3 is 14.7 Å². The highest BCUT2D eigenvalue weighted by molar-refractivity contribution is 9.10. The molecule has 1 unspecified atom stereocenters. The van der Waals surface area contributed by atoms with Crippen molar-refractivity contribution in [2.24, 2.45) is 0 Å². The smallest absolute Gasteiger partial charge is 0.251 e. The molecule has 1 saturated heterocycles. The van der Waals surface area contributed by atoms with Crippen LogP contribution in [0.25, 0.3) is 0 Å². The molecule has 1 amide bonds. The van der Waals surface area contributed by atoms with Gasteiger partial charge in [0.15, 0.2) is 6.29 Å². The average Bonchev–Trinajstić information content (AvgIpc) is 2.64. The van der Waals surface area contributed by atoms with E-state index in [1.54, 1.807) is 12.2 Å². The molecule has 1 aromatic carbocycles. The van der Waals surface area contributed by atoms with Gasteiger partial charge in [-0.15, -0.1) is 0 Å². The molecule has 146 valence electrons. The van der Waals surface area contributed by atoms with Crippen molar-refractivity contribution in [3.8, 4) is 0 Å². The number of aliphatic hydroxyl groups excluding tert-OH is 1. The minimum absolute atomic E-state index is 0.0182. The number of rotatable bonds is 6. The topological polar surface area (TPSA) is 82.5 Å². The number of methoxy groups -OCH3 is 1. The number of piperidine rings is 1. The number of amides is 1. The molecule has 7 nitrogen and oxygen atoms in total. The van der Waals surface area contributed by atoms with E-state index in [0.29, 0.717) is 31.0 Å². The van der Waals surface area contributed by atoms with Crippen LogP contribution in [0.15, 0.2) is 16.6 Å². The van der Waals surface area contributed by atoms with Gasteiger partial charge in [0.05, 0.1) is 13.5 Å². The second-order valence-electron chi connectivity index (χ2n) is 6.71. The number of hydrogen-bond acceptors (Lipinski definition) is 6. The molecule has 0 bridgehead atoms. The Morgan fingerprint density at radius 3 is 2.42 bits per heavy atom. The Bertz CT molecular complexity index is 647. The number of hydrogen-bond donors (Lipinski definition) is 2. The summed E-state index contributed by atoms with van der Waals surface area (Å²) in [4.78, 5) is 18.0. The number of nitrogens with zero attached hydrogens (tertiary/aromatic N) is 2. The molecule has 0 radical (unpaired) electrons. The molecule has 0 spiro atoms. The highest BCUT2D eigenvalue weighted by Gasteiger charge is 2.48. The van der Waals surface area contributed by atoms with Gasteiger partial charge in [0.25, 0.3) is 5.91 Å². The van der Waals surface area contributed by atoms with Crippen LogP contribution < -0.4 is 0 Å². The van der Waals surface area contributed by atoms with Crippen molar-refractivity contribution in [3.05, 3.63) is 33.3 Å². The minimum atomic E-state index is -1.29. The second-order valence-corrected chi connectivity index (χ2v) is 7.57. The molecule has 2 N–H and O–H groups in total. The molecular weight excluding hydrogens is 404 g/mol. The maximum absolute atomic E-state index is 12.8. The van der Waals surface area contributed by atoms with Gasteiger partial charge in [0.2, 0.25) is 0 Å². The Kier molecular flexibility index (Phi) is 7.18. The van der Waals surface area contributed by atoms with Crippen molar-refractivity contribution in [2.75, 3.05) is 27.3 Å². The van der Waals surface area contributed by atoms with Gasteiger partial charge in [-0.3, -0.25) is 10.0 Å². The predicted molar refractivity (Wildman–Crippen MR) is 99.5 cm³/mol. The Labute approximate surface area is 162 Å². The van der Waals surface area contributed by atoms with Crippen LogP contribution in [0.1, 0.15) is 29.5 Å². The zero-order valence-electron chi connectivity index (χ0n) is 15.7. The summed E-state index contributed by atoms with van der Waals surface area (Å²) in [5.74, 6) is -0.490. The quantitative estimate of drug-likeness (QED) is 0.408. The summed E-state index contributed by atoms with van der Waals surface area (Å²) in [6.45, 7) is 4.91. The fourth-order valence-corrected chi connectivity index (χ4v) is 3.90. The number of halogens is 1. The van der Waals surface area contributed by atoms with Crippen molar-refractivity contribution < 1.29 is 24.7 Å². The lowest BCUT2D eigenvalue weighted by Crippen LogP contribution is -2.63. The summed E-state index contributed by atoms with van der Waals surface area (Å²) in [5.41, 5.74) is 1.77. The number of aryl methyl sites for hydroxylation is 2. The van der Waals surface area contributed by atoms with E-state index in [9.17, 15) is 15.1 Å². The highest BCUT2D eigenvalue weighted by atomic mass is 79.9. The van der Waals surface area contributed by atoms with Crippen LogP contribution in [0.2, 0.25) is 0 Å². The first-order chi connectivity index (χ1) is 12.2. The van der Waals surface area contributed by atoms with Crippen molar-refractivity contribution in [1.29, 1.82) is 0 Å². The van der Waals surface area contributed by atoms with Gasteiger partial charge in [-0.1, -0.05) is 22.0 Å². The molecule has 2 rings (SSSR count). The molecule has 1 aliphatic rings. The average molecular weight is 431 g/mol. The first-order valence-electron chi connectivity index (χ1n) is 8.52. The molecule has 1 atom stereocenters. The molecule has 0 saturated carbocycles. The Balaban J connectivity index is 2.22. The molecule has 0 aliphatic carbocycles. The minimum Gasteiger partial charge on any atom is -0.366 e. The number of carbonyl (C=O) groups excluding carboxylic acids is 1. The van der Waals surface area contributed by atoms with Crippen molar-refractivity contribution in [1.82, 2.24) is 10.1 Å². The summed E-state index contributed by atoms with van der Waals surface area (Å²) in [6.07, 6.45) is -0.624. The van der Waals surface area contributed by atoms with E-state index in [4.69, 9.17) is 9.57 Å². The summed E-state index contributed by atoms with van der Waals surface area (Å²) >= 11 is 3.48. The normalized spacial score (nSPS) is 18.6. The summed E-state index contributed by atoms with van der Waals surface area (Å²) in [6, 6.07) is 3.88. The lowest BCUT2D eigenvalue weighted by molar-refractivity contribution is -0.277. The van der Waals surface area contributed by atoms with Crippen LogP contribution in [0, 0.1) is 13.8 Å². The number of benzene rings is 1. The van der Waals surface area contributed by atoms with Gasteiger partial charge in [0.1, 0.15) is 5.54 Å². The molecule has 26 heavy (non-hydrogen) atoms. The van der Waals surface area contributed by atoms with Crippen LogP contribution in [0.4, 0.5) is 0 Å². The van der Waals surface area contributed by atoms with Crippen molar-refractivity contribution >= 4 is 21.8 Å². The van der Waals surface area contributed by atoms with Crippen LogP contribution in [0.5, 0.6) is 0 Å². The maximum atomic E-state index is 12.8. The fraction of sp³-hybridized carbons (Fsp3) is 0.611. The summed E-state index contributed by atoms with van der Waals surface area (Å²) in [5, 5.41) is 23.5. The fourth-order valence-electron chi connectivity index (χ4n) is 3.30. The van der Waals surface area contributed by atoms with Gasteiger partial charge >= 0.3 is 0 Å². The highest BCUT2D eigenvalue weighted by Crippen LogP contribution is 2.33. The van der Waals surface area contributed by atoms with E-state index in [0.717, 1.165) is 21.2 Å². The lowest BCUT2D eigenvalue weighted by Gasteiger charge is -2.46. The first-order valence-corrected chi connectivity index (χ1v) is 9.32. The van der Waals surface area contributed by atoms with Crippen LogP contribution >= 0.6 is 15.9 Å². The number of hydroxylamine groups is 4. The zero-order valence-corrected chi connectivity index (χ0v) is 17.2. The zero-order chi connectivity index (χ0) is 19.5. The molecule has 1 fully saturated rings. The Morgan fingerprint density at radius 2 is 1.88 bits per heavy atom. The standard InChI is InChI=1S/C18H27BrN2O5/c1-12-9-14(15(19)10-13(12)2)11-16(22)21(24)18(17(23)25-3)5-7-20(26-4)8-6-18/h9-10,17,23-24H,5-8,11H2,1-4H3. The number of ether oxygens (including phenoxy) is 1. The molecule has 0 aromatic heterocycles. The van der Waals surface area contributed by atoms with Crippen molar-refractivity contribution in [3.63, 3.8) is 0 Å². The molecular formula is C18H27BrN2O5. The first kappa shape index (κ1) is 21.3. The SMILES string of the molecule is COC(O)C1(N(O)C(=O)Cc2cc(C)c(C)cc2Br)CCN(OC)CC1. The maximum Gasteiger partial charge on any atom is 0.251 e. The lowest BCUT2D eigenvalue weighted by atomic mass is 9.86. The third-order valence-corrected chi connectivity index (χ3v) is 5.93. The third-order valence-electron chi connectivity index (χ3n) is 5.19.